The van der Waals surface area contributed by atoms with Crippen LogP contribution in [0.1, 0.15) is 17.8 Å². The van der Waals surface area contributed by atoms with Crippen molar-refractivity contribution in [1.82, 2.24) is 9.55 Å². The van der Waals surface area contributed by atoms with E-state index in [4.69, 9.17) is 4.74 Å². The lowest BCUT2D eigenvalue weighted by Crippen LogP contribution is -2.14. The average molecular weight is 251 g/mol. The van der Waals surface area contributed by atoms with Crippen LogP contribution >= 0.6 is 11.3 Å². The third-order valence-corrected chi connectivity index (χ3v) is 3.43. The van der Waals surface area contributed by atoms with Gasteiger partial charge < -0.3 is 14.6 Å². The van der Waals surface area contributed by atoms with Crippen molar-refractivity contribution in [1.29, 1.82) is 0 Å². The molecule has 0 aliphatic heterocycles. The van der Waals surface area contributed by atoms with E-state index in [-0.39, 0.29) is 6.04 Å². The largest absolute Gasteiger partial charge is 0.383 e. The Kier molecular flexibility index (Phi) is 4.17. The first-order chi connectivity index (χ1) is 8.31. The summed E-state index contributed by atoms with van der Waals surface area (Å²) < 4.78 is 7.25. The molecular formula is C12H17N3OS. The van der Waals surface area contributed by atoms with Gasteiger partial charge >= 0.3 is 0 Å². The molecule has 0 saturated carbocycles. The Morgan fingerprint density at radius 2 is 2.47 bits per heavy atom. The Balaban J connectivity index is 1.99. The van der Waals surface area contributed by atoms with E-state index in [1.807, 2.05) is 12.4 Å². The van der Waals surface area contributed by atoms with E-state index in [1.54, 1.807) is 18.4 Å². The second-order valence-electron chi connectivity index (χ2n) is 3.90. The molecule has 2 aromatic rings. The van der Waals surface area contributed by atoms with Crippen LogP contribution in [0.25, 0.3) is 0 Å². The Hall–Kier alpha value is -1.33. The zero-order valence-electron chi connectivity index (χ0n) is 10.1. The molecule has 0 aromatic carbocycles. The molecule has 2 aromatic heterocycles. The number of aromatic nitrogens is 2. The zero-order valence-corrected chi connectivity index (χ0v) is 10.9. The molecule has 0 spiro atoms. The van der Waals surface area contributed by atoms with E-state index < -0.39 is 0 Å². The van der Waals surface area contributed by atoms with Gasteiger partial charge in [0.25, 0.3) is 0 Å². The summed E-state index contributed by atoms with van der Waals surface area (Å²) in [6.07, 6.45) is 3.78. The Morgan fingerprint density at radius 1 is 1.59 bits per heavy atom. The number of nitrogens with zero attached hydrogens (tertiary/aromatic N) is 2. The van der Waals surface area contributed by atoms with Crippen molar-refractivity contribution in [3.05, 3.63) is 34.8 Å². The third-order valence-electron chi connectivity index (χ3n) is 2.55. The van der Waals surface area contributed by atoms with Crippen LogP contribution < -0.4 is 5.32 Å². The lowest BCUT2D eigenvalue weighted by molar-refractivity contribution is 0.163. The fourth-order valence-corrected chi connectivity index (χ4v) is 2.35. The number of nitrogens with one attached hydrogen (secondary N) is 1. The van der Waals surface area contributed by atoms with E-state index in [0.717, 1.165) is 12.5 Å². The van der Waals surface area contributed by atoms with Gasteiger partial charge in [-0.1, -0.05) is 6.07 Å². The van der Waals surface area contributed by atoms with Crippen molar-refractivity contribution in [2.24, 2.45) is 0 Å². The molecule has 1 N–H and O–H groups in total. The number of rotatable bonds is 6. The summed E-state index contributed by atoms with van der Waals surface area (Å²) in [6.45, 7) is 3.61. The molecule has 2 heterocycles. The van der Waals surface area contributed by atoms with Crippen molar-refractivity contribution in [2.45, 2.75) is 19.5 Å². The van der Waals surface area contributed by atoms with Crippen LogP contribution in [-0.2, 0) is 11.3 Å². The van der Waals surface area contributed by atoms with E-state index in [2.05, 4.69) is 39.3 Å². The summed E-state index contributed by atoms with van der Waals surface area (Å²) in [7, 11) is 1.71. The van der Waals surface area contributed by atoms with Crippen molar-refractivity contribution < 1.29 is 4.74 Å². The summed E-state index contributed by atoms with van der Waals surface area (Å²) in [5, 5.41) is 5.42. The van der Waals surface area contributed by atoms with Gasteiger partial charge in [-0.2, -0.15) is 0 Å². The molecule has 5 heteroatoms. The molecule has 0 saturated heterocycles. The normalized spacial score (nSPS) is 12.6. The molecular weight excluding hydrogens is 234 g/mol. The highest BCUT2D eigenvalue weighted by Crippen LogP contribution is 2.16. The van der Waals surface area contributed by atoms with Gasteiger partial charge in [0.2, 0.25) is 5.95 Å². The first-order valence-electron chi connectivity index (χ1n) is 5.59. The molecule has 1 unspecified atom stereocenters. The summed E-state index contributed by atoms with van der Waals surface area (Å²) in [5.74, 6) is 0.892. The van der Waals surface area contributed by atoms with Crippen LogP contribution in [-0.4, -0.2) is 23.3 Å². The van der Waals surface area contributed by atoms with E-state index in [1.165, 1.54) is 4.88 Å². The monoisotopic (exact) mass is 251 g/mol. The predicted octanol–water partition coefficient (Wildman–Crippen LogP) is 2.76. The number of methoxy groups -OCH3 is 1. The predicted molar refractivity (Wildman–Crippen MR) is 70.5 cm³/mol. The maximum absolute atomic E-state index is 5.16. The van der Waals surface area contributed by atoms with Crippen molar-refractivity contribution in [3.63, 3.8) is 0 Å². The number of thiophene rings is 1. The van der Waals surface area contributed by atoms with Crippen LogP contribution in [0.2, 0.25) is 0 Å². The highest BCUT2D eigenvalue weighted by molar-refractivity contribution is 7.09. The number of hydrogen-bond acceptors (Lipinski definition) is 4. The molecule has 17 heavy (non-hydrogen) atoms. The first-order valence-corrected chi connectivity index (χ1v) is 6.47. The standard InChI is InChI=1S/C12H17N3OS/c1-10(9-16-2)15-6-5-13-12(15)14-8-11-4-3-7-17-11/h3-7,10H,8-9H2,1-2H3,(H,13,14). The molecule has 1 atom stereocenters. The molecule has 4 nitrogen and oxygen atoms in total. The molecule has 0 amide bonds. The molecule has 0 fully saturated rings. The van der Waals surface area contributed by atoms with Gasteiger partial charge in [-0.3, -0.25) is 0 Å². The minimum Gasteiger partial charge on any atom is -0.383 e. The number of anilines is 1. The minimum atomic E-state index is 0.285. The van der Waals surface area contributed by atoms with Crippen LogP contribution in [0.5, 0.6) is 0 Å². The number of hydrogen-bond donors (Lipinski definition) is 1. The van der Waals surface area contributed by atoms with Gasteiger partial charge in [-0.15, -0.1) is 11.3 Å². The summed E-state index contributed by atoms with van der Waals surface area (Å²) in [5.41, 5.74) is 0. The van der Waals surface area contributed by atoms with Crippen molar-refractivity contribution in [2.75, 3.05) is 19.0 Å². The zero-order chi connectivity index (χ0) is 12.1. The van der Waals surface area contributed by atoms with Gasteiger partial charge in [-0.05, 0) is 18.4 Å². The first kappa shape index (κ1) is 12.1. The SMILES string of the molecule is COCC(C)n1ccnc1NCc1cccs1. The smallest absolute Gasteiger partial charge is 0.203 e. The molecule has 92 valence electrons. The topological polar surface area (TPSA) is 39.1 Å². The van der Waals surface area contributed by atoms with Gasteiger partial charge in [0, 0.05) is 24.4 Å². The summed E-state index contributed by atoms with van der Waals surface area (Å²) >= 11 is 1.75. The quantitative estimate of drug-likeness (QED) is 0.858. The molecule has 0 radical (unpaired) electrons. The van der Waals surface area contributed by atoms with Crippen LogP contribution in [0.15, 0.2) is 29.9 Å². The van der Waals surface area contributed by atoms with E-state index >= 15 is 0 Å². The third kappa shape index (κ3) is 3.08. The van der Waals surface area contributed by atoms with Gasteiger partial charge in [0.05, 0.1) is 19.2 Å². The highest BCUT2D eigenvalue weighted by atomic mass is 32.1. The fraction of sp³-hybridized carbons (Fsp3) is 0.417. The highest BCUT2D eigenvalue weighted by Gasteiger charge is 2.09. The second-order valence-corrected chi connectivity index (χ2v) is 4.93. The maximum Gasteiger partial charge on any atom is 0.203 e. The maximum atomic E-state index is 5.16. The molecule has 0 aliphatic carbocycles. The number of imidazole rings is 1. The van der Waals surface area contributed by atoms with Crippen molar-refractivity contribution >= 4 is 17.3 Å². The lowest BCUT2D eigenvalue weighted by Gasteiger charge is -2.15. The molecule has 0 aliphatic rings. The fourth-order valence-electron chi connectivity index (χ4n) is 1.71. The van der Waals surface area contributed by atoms with E-state index in [9.17, 15) is 0 Å². The second kappa shape index (κ2) is 5.84. The number of ether oxygens (including phenoxy) is 1. The lowest BCUT2D eigenvalue weighted by atomic mass is 10.3. The van der Waals surface area contributed by atoms with Crippen molar-refractivity contribution in [3.8, 4) is 0 Å². The van der Waals surface area contributed by atoms with Crippen LogP contribution in [0, 0.1) is 0 Å². The Morgan fingerprint density at radius 3 is 3.18 bits per heavy atom. The Bertz CT molecular complexity index is 438. The summed E-state index contributed by atoms with van der Waals surface area (Å²) in [4.78, 5) is 5.62. The summed E-state index contributed by atoms with van der Waals surface area (Å²) in [6, 6.07) is 4.46. The van der Waals surface area contributed by atoms with Gasteiger partial charge in [0.15, 0.2) is 0 Å². The minimum absolute atomic E-state index is 0.285. The van der Waals surface area contributed by atoms with Crippen LogP contribution in [0.3, 0.4) is 0 Å². The molecule has 0 bridgehead atoms. The Labute approximate surface area is 105 Å². The van der Waals surface area contributed by atoms with Crippen LogP contribution in [0.4, 0.5) is 5.95 Å². The van der Waals surface area contributed by atoms with Gasteiger partial charge in [0.1, 0.15) is 0 Å². The van der Waals surface area contributed by atoms with Gasteiger partial charge in [-0.25, -0.2) is 4.98 Å². The molecule has 2 rings (SSSR count). The van der Waals surface area contributed by atoms with E-state index in [0.29, 0.717) is 6.61 Å². The average Bonchev–Trinajstić information content (AvgIpc) is 2.98.